The van der Waals surface area contributed by atoms with Crippen LogP contribution in [0.1, 0.15) is 21.6 Å². The number of sulfonamides is 2. The fourth-order valence-electron chi connectivity index (χ4n) is 3.03. The number of nitrogens with one attached hydrogen (secondary N) is 3. The van der Waals surface area contributed by atoms with Crippen molar-refractivity contribution in [3.63, 3.8) is 0 Å². The van der Waals surface area contributed by atoms with Gasteiger partial charge in [-0.1, -0.05) is 24.3 Å². The Hall–Kier alpha value is -3.06. The Morgan fingerprint density at radius 1 is 0.909 bits per heavy atom. The molecule has 1 amide bonds. The summed E-state index contributed by atoms with van der Waals surface area (Å²) in [5.41, 5.74) is 1.13. The van der Waals surface area contributed by atoms with Gasteiger partial charge in [-0.3, -0.25) is 4.79 Å². The van der Waals surface area contributed by atoms with Gasteiger partial charge in [-0.05, 0) is 48.5 Å². The number of halogens is 1. The third-order valence-corrected chi connectivity index (χ3v) is 7.59. The van der Waals surface area contributed by atoms with Crippen LogP contribution in [0.25, 0.3) is 0 Å². The molecule has 3 aromatic rings. The van der Waals surface area contributed by atoms with Gasteiger partial charge in [0.25, 0.3) is 5.91 Å². The highest BCUT2D eigenvalue weighted by Crippen LogP contribution is 2.15. The number of hydrogen-bond donors (Lipinski definition) is 3. The van der Waals surface area contributed by atoms with Crippen LogP contribution in [0.5, 0.6) is 0 Å². The summed E-state index contributed by atoms with van der Waals surface area (Å²) in [5.74, 6) is -0.981. The largest absolute Gasteiger partial charge is 0.347 e. The van der Waals surface area contributed by atoms with Gasteiger partial charge in [0.1, 0.15) is 16.4 Å². The molecule has 0 saturated carbocycles. The first kappa shape index (κ1) is 24.6. The average Bonchev–Trinajstić information content (AvgIpc) is 3.19. The van der Waals surface area contributed by atoms with Crippen LogP contribution in [-0.4, -0.2) is 34.4 Å². The number of amides is 1. The molecule has 0 fully saturated rings. The molecule has 0 bridgehead atoms. The van der Waals surface area contributed by atoms with Crippen LogP contribution in [-0.2, 0) is 40.2 Å². The Kier molecular flexibility index (Phi) is 7.32. The van der Waals surface area contributed by atoms with Crippen LogP contribution in [0, 0.1) is 5.82 Å². The highest BCUT2D eigenvalue weighted by Gasteiger charge is 2.19. The van der Waals surface area contributed by atoms with Crippen LogP contribution in [0.4, 0.5) is 4.39 Å². The maximum atomic E-state index is 13.3. The number of nitrogens with zero attached hydrogens (tertiary/aromatic N) is 1. The summed E-state index contributed by atoms with van der Waals surface area (Å²) >= 11 is 0. The summed E-state index contributed by atoms with van der Waals surface area (Å²) in [6, 6.07) is 12.9. The van der Waals surface area contributed by atoms with Gasteiger partial charge >= 0.3 is 0 Å². The molecule has 1 heterocycles. The van der Waals surface area contributed by atoms with Crippen molar-refractivity contribution in [2.45, 2.75) is 22.9 Å². The van der Waals surface area contributed by atoms with Crippen LogP contribution in [0.2, 0.25) is 0 Å². The third kappa shape index (κ3) is 6.05. The minimum absolute atomic E-state index is 0.00748. The number of hydrogen-bond acceptors (Lipinski definition) is 5. The summed E-state index contributed by atoms with van der Waals surface area (Å²) < 4.78 is 68.4. The predicted octanol–water partition coefficient (Wildman–Crippen LogP) is 1.48. The molecule has 1 aromatic heterocycles. The SMILES string of the molecule is CNS(=O)(=O)c1cc(C(=O)NCc2cccc(S(=O)(=O)NCc3cccc(F)c3)c2)n(C)c1. The molecule has 0 aliphatic carbocycles. The maximum absolute atomic E-state index is 13.3. The van der Waals surface area contributed by atoms with Crippen LogP contribution in [0.3, 0.4) is 0 Å². The normalized spacial score (nSPS) is 12.0. The van der Waals surface area contributed by atoms with Crippen LogP contribution in [0.15, 0.2) is 70.6 Å². The molecular formula is C21H23FN4O5S2. The molecule has 33 heavy (non-hydrogen) atoms. The van der Waals surface area contributed by atoms with E-state index in [0.717, 1.165) is 0 Å². The Morgan fingerprint density at radius 3 is 2.24 bits per heavy atom. The average molecular weight is 495 g/mol. The van der Waals surface area contributed by atoms with E-state index in [1.807, 2.05) is 0 Å². The topological polar surface area (TPSA) is 126 Å². The Balaban J connectivity index is 1.68. The van der Waals surface area contributed by atoms with E-state index in [2.05, 4.69) is 14.8 Å². The molecule has 0 spiro atoms. The lowest BCUT2D eigenvalue weighted by molar-refractivity contribution is 0.0942. The molecule has 3 rings (SSSR count). The summed E-state index contributed by atoms with van der Waals surface area (Å²) in [4.78, 5) is 12.5. The molecule has 0 unspecified atom stereocenters. The first-order valence-electron chi connectivity index (χ1n) is 9.73. The zero-order valence-electron chi connectivity index (χ0n) is 17.9. The van der Waals surface area contributed by atoms with Crippen molar-refractivity contribution in [2.24, 2.45) is 7.05 Å². The lowest BCUT2D eigenvalue weighted by atomic mass is 10.2. The van der Waals surface area contributed by atoms with Crippen molar-refractivity contribution >= 4 is 26.0 Å². The van der Waals surface area contributed by atoms with Crippen molar-refractivity contribution in [1.82, 2.24) is 19.3 Å². The van der Waals surface area contributed by atoms with Gasteiger partial charge in [-0.15, -0.1) is 0 Å². The molecule has 0 aliphatic rings. The molecular weight excluding hydrogens is 471 g/mol. The second-order valence-corrected chi connectivity index (χ2v) is 10.8. The second-order valence-electron chi connectivity index (χ2n) is 7.16. The first-order valence-corrected chi connectivity index (χ1v) is 12.7. The highest BCUT2D eigenvalue weighted by atomic mass is 32.2. The molecule has 2 aromatic carbocycles. The van der Waals surface area contributed by atoms with Gasteiger partial charge in [0, 0.05) is 26.3 Å². The van der Waals surface area contributed by atoms with E-state index < -0.39 is 31.8 Å². The van der Waals surface area contributed by atoms with E-state index in [1.54, 1.807) is 25.2 Å². The number of aryl methyl sites for hydroxylation is 1. The molecule has 176 valence electrons. The molecule has 0 radical (unpaired) electrons. The summed E-state index contributed by atoms with van der Waals surface area (Å²) in [5, 5.41) is 2.65. The second kappa shape index (κ2) is 9.83. The highest BCUT2D eigenvalue weighted by molar-refractivity contribution is 7.89. The fourth-order valence-corrected chi connectivity index (χ4v) is 4.92. The monoisotopic (exact) mass is 494 g/mol. The van der Waals surface area contributed by atoms with Crippen molar-refractivity contribution in [3.8, 4) is 0 Å². The fraction of sp³-hybridized carbons (Fsp3) is 0.190. The predicted molar refractivity (Wildman–Crippen MR) is 120 cm³/mol. The summed E-state index contributed by atoms with van der Waals surface area (Å²) in [6.45, 7) is -0.0578. The number of carbonyl (C=O) groups is 1. The number of benzene rings is 2. The molecule has 0 saturated heterocycles. The van der Waals surface area contributed by atoms with Gasteiger partial charge in [-0.25, -0.2) is 30.7 Å². The lowest BCUT2D eigenvalue weighted by Crippen LogP contribution is -2.25. The number of aromatic nitrogens is 1. The van der Waals surface area contributed by atoms with E-state index in [0.29, 0.717) is 11.1 Å². The Labute approximate surface area is 191 Å². The van der Waals surface area contributed by atoms with Gasteiger partial charge in [-0.2, -0.15) is 0 Å². The van der Waals surface area contributed by atoms with Crippen molar-refractivity contribution in [3.05, 3.63) is 83.4 Å². The molecule has 3 N–H and O–H groups in total. The minimum Gasteiger partial charge on any atom is -0.347 e. The van der Waals surface area contributed by atoms with Crippen molar-refractivity contribution in [1.29, 1.82) is 0 Å². The minimum atomic E-state index is -3.87. The van der Waals surface area contributed by atoms with Crippen LogP contribution >= 0.6 is 0 Å². The van der Waals surface area contributed by atoms with E-state index in [-0.39, 0.29) is 28.6 Å². The number of carbonyl (C=O) groups excluding carboxylic acids is 1. The third-order valence-electron chi connectivity index (χ3n) is 4.81. The van der Waals surface area contributed by atoms with Crippen molar-refractivity contribution in [2.75, 3.05) is 7.05 Å². The van der Waals surface area contributed by atoms with Gasteiger partial charge < -0.3 is 9.88 Å². The van der Waals surface area contributed by atoms with E-state index in [1.165, 1.54) is 54.2 Å². The summed E-state index contributed by atoms with van der Waals surface area (Å²) in [6.07, 6.45) is 1.32. The van der Waals surface area contributed by atoms with Gasteiger partial charge in [0.15, 0.2) is 0 Å². The quantitative estimate of drug-likeness (QED) is 0.415. The summed E-state index contributed by atoms with van der Waals surface area (Å²) in [7, 11) is -4.75. The molecule has 12 heteroatoms. The Bertz CT molecular complexity index is 1390. The van der Waals surface area contributed by atoms with E-state index in [9.17, 15) is 26.0 Å². The molecule has 0 atom stereocenters. The smallest absolute Gasteiger partial charge is 0.268 e. The maximum Gasteiger partial charge on any atom is 0.268 e. The first-order chi connectivity index (χ1) is 15.5. The molecule has 0 aliphatic heterocycles. The number of rotatable bonds is 9. The van der Waals surface area contributed by atoms with E-state index in [4.69, 9.17) is 0 Å². The zero-order valence-corrected chi connectivity index (χ0v) is 19.5. The van der Waals surface area contributed by atoms with E-state index >= 15 is 0 Å². The van der Waals surface area contributed by atoms with Crippen LogP contribution < -0.4 is 14.8 Å². The Morgan fingerprint density at radius 2 is 1.58 bits per heavy atom. The standard InChI is InChI=1S/C21H23FN4O5S2/c1-23-32(28,29)19-11-20(26(2)14-19)21(27)24-12-16-6-4-8-18(10-16)33(30,31)25-13-15-5-3-7-17(22)9-15/h3-11,14,23,25H,12-13H2,1-2H3,(H,24,27). The molecule has 9 nitrogen and oxygen atoms in total. The van der Waals surface area contributed by atoms with Gasteiger partial charge in [0.2, 0.25) is 20.0 Å². The zero-order chi connectivity index (χ0) is 24.2. The van der Waals surface area contributed by atoms with Gasteiger partial charge in [0.05, 0.1) is 4.90 Å². The lowest BCUT2D eigenvalue weighted by Gasteiger charge is -2.10. The van der Waals surface area contributed by atoms with Crippen molar-refractivity contribution < 1.29 is 26.0 Å².